The molecule has 3 aromatic rings. The Bertz CT molecular complexity index is 1800. The smallest absolute Gasteiger partial charge is 0.213 e. The standard InChI is InChI=1S/C36H31FN2O2/c1-2-26-21-39-36(41-26)32-18-23-8-5-6-9-27(23)29-16-15-28-30(33-10-4-3-7-17-38-33)19-24(20-31(28)34(29)32)35(40)22-11-13-25(37)14-12-22/h3-17,20,24,26,30,38H,2,18-19,21H2,1H3. The number of fused-ring (bicyclic) bond motifs is 5. The average Bonchev–Trinajstić information content (AvgIpc) is 3.33. The van der Waals surface area contributed by atoms with Crippen LogP contribution in [0.5, 0.6) is 0 Å². The molecule has 4 aliphatic rings. The number of ether oxygens (including phenoxy) is 1. The van der Waals surface area contributed by atoms with Gasteiger partial charge in [-0.15, -0.1) is 0 Å². The maximum absolute atomic E-state index is 13.9. The first-order valence-corrected chi connectivity index (χ1v) is 14.4. The number of carbonyl (C=O) groups is 1. The fourth-order valence-corrected chi connectivity index (χ4v) is 6.51. The number of carbonyl (C=O) groups excluding carboxylic acids is 1. The number of aliphatic imine (C=N–C) groups is 1. The zero-order valence-electron chi connectivity index (χ0n) is 22.9. The van der Waals surface area contributed by atoms with Gasteiger partial charge in [-0.05, 0) is 82.0 Å². The molecule has 0 fully saturated rings. The lowest BCUT2D eigenvalue weighted by atomic mass is 9.74. The number of hydrogen-bond donors (Lipinski definition) is 1. The van der Waals surface area contributed by atoms with Crippen LogP contribution in [0.25, 0.3) is 22.8 Å². The molecular weight excluding hydrogens is 511 g/mol. The molecule has 4 nitrogen and oxygen atoms in total. The summed E-state index contributed by atoms with van der Waals surface area (Å²) >= 11 is 0. The van der Waals surface area contributed by atoms with E-state index in [1.165, 1.54) is 28.8 Å². The zero-order chi connectivity index (χ0) is 27.9. The molecule has 0 aromatic heterocycles. The van der Waals surface area contributed by atoms with Crippen molar-refractivity contribution in [1.29, 1.82) is 0 Å². The lowest BCUT2D eigenvalue weighted by Gasteiger charge is -2.30. The number of nitrogens with one attached hydrogen (secondary N) is 1. The molecule has 3 aromatic carbocycles. The van der Waals surface area contributed by atoms with Gasteiger partial charge in [0, 0.05) is 41.3 Å². The average molecular weight is 543 g/mol. The van der Waals surface area contributed by atoms with Crippen LogP contribution in [0, 0.1) is 11.7 Å². The SMILES string of the molecule is CCC1CN=C(C2=c3c(ccc4c3=CC(C(=O)c3ccc(F)cc3)CC4C3=CC=CC=CN3)-c3ccccc3C2)O1. The van der Waals surface area contributed by atoms with Crippen molar-refractivity contribution in [3.63, 3.8) is 0 Å². The Morgan fingerprint density at radius 3 is 2.71 bits per heavy atom. The zero-order valence-corrected chi connectivity index (χ0v) is 22.9. The third-order valence-electron chi connectivity index (χ3n) is 8.60. The third-order valence-corrected chi connectivity index (χ3v) is 8.60. The maximum Gasteiger partial charge on any atom is 0.213 e. The fraction of sp³-hybridized carbons (Fsp3) is 0.222. The Hall–Kier alpha value is -4.51. The van der Waals surface area contributed by atoms with Crippen molar-refractivity contribution in [1.82, 2.24) is 5.32 Å². The van der Waals surface area contributed by atoms with Crippen LogP contribution in [0.2, 0.25) is 0 Å². The molecule has 0 spiro atoms. The second-order valence-corrected chi connectivity index (χ2v) is 11.0. The molecule has 0 saturated heterocycles. The highest BCUT2D eigenvalue weighted by atomic mass is 19.1. The Balaban J connectivity index is 1.49. The molecule has 41 heavy (non-hydrogen) atoms. The van der Waals surface area contributed by atoms with Gasteiger partial charge in [-0.3, -0.25) is 4.79 Å². The summed E-state index contributed by atoms with van der Waals surface area (Å²) in [5.74, 6) is -0.0436. The third kappa shape index (κ3) is 4.55. The number of allylic oxidation sites excluding steroid dienone is 5. The Kier molecular flexibility index (Phi) is 6.50. The van der Waals surface area contributed by atoms with E-state index in [4.69, 9.17) is 9.73 Å². The van der Waals surface area contributed by atoms with Crippen LogP contribution in [0.4, 0.5) is 4.39 Å². The summed E-state index contributed by atoms with van der Waals surface area (Å²) in [5, 5.41) is 5.64. The number of rotatable bonds is 5. The summed E-state index contributed by atoms with van der Waals surface area (Å²) in [5.41, 5.74) is 7.41. The van der Waals surface area contributed by atoms with Crippen molar-refractivity contribution in [2.45, 2.75) is 38.2 Å². The van der Waals surface area contributed by atoms with Crippen molar-refractivity contribution in [3.8, 4) is 11.1 Å². The van der Waals surface area contributed by atoms with E-state index in [1.54, 1.807) is 12.1 Å². The van der Waals surface area contributed by atoms with E-state index < -0.39 is 0 Å². The summed E-state index contributed by atoms with van der Waals surface area (Å²) in [7, 11) is 0. The molecule has 7 rings (SSSR count). The molecule has 3 unspecified atom stereocenters. The van der Waals surface area contributed by atoms with Crippen molar-refractivity contribution in [2.24, 2.45) is 10.9 Å². The second-order valence-electron chi connectivity index (χ2n) is 11.0. The molecule has 2 aliphatic heterocycles. The first-order chi connectivity index (χ1) is 20.1. The molecule has 2 aliphatic carbocycles. The van der Waals surface area contributed by atoms with E-state index in [9.17, 15) is 9.18 Å². The molecule has 0 amide bonds. The molecule has 5 heteroatoms. The van der Waals surface area contributed by atoms with Crippen LogP contribution < -0.4 is 15.8 Å². The number of ketones is 1. The lowest BCUT2D eigenvalue weighted by molar-refractivity contribution is 0.0943. The van der Waals surface area contributed by atoms with Crippen LogP contribution in [0.1, 0.15) is 47.2 Å². The van der Waals surface area contributed by atoms with Gasteiger partial charge in [0.25, 0.3) is 0 Å². The first kappa shape index (κ1) is 25.5. The van der Waals surface area contributed by atoms with Gasteiger partial charge >= 0.3 is 0 Å². The van der Waals surface area contributed by atoms with E-state index in [2.05, 4.69) is 60.8 Å². The molecular formula is C36H31FN2O2. The maximum atomic E-state index is 13.9. The monoisotopic (exact) mass is 542 g/mol. The Labute approximate surface area is 239 Å². The van der Waals surface area contributed by atoms with Crippen LogP contribution >= 0.6 is 0 Å². The van der Waals surface area contributed by atoms with Crippen LogP contribution in [0.3, 0.4) is 0 Å². The Morgan fingerprint density at radius 1 is 1.02 bits per heavy atom. The van der Waals surface area contributed by atoms with E-state index >= 15 is 0 Å². The minimum Gasteiger partial charge on any atom is -0.472 e. The molecule has 0 bridgehead atoms. The highest BCUT2D eigenvalue weighted by Gasteiger charge is 2.33. The van der Waals surface area contributed by atoms with Gasteiger partial charge in [-0.25, -0.2) is 9.38 Å². The van der Waals surface area contributed by atoms with Crippen molar-refractivity contribution < 1.29 is 13.9 Å². The van der Waals surface area contributed by atoms with Crippen LogP contribution in [-0.2, 0) is 11.2 Å². The highest BCUT2D eigenvalue weighted by Crippen LogP contribution is 2.36. The van der Waals surface area contributed by atoms with E-state index in [0.29, 0.717) is 18.5 Å². The van der Waals surface area contributed by atoms with Gasteiger partial charge in [0.1, 0.15) is 11.9 Å². The van der Waals surface area contributed by atoms with Crippen molar-refractivity contribution >= 4 is 23.3 Å². The Morgan fingerprint density at radius 2 is 1.88 bits per heavy atom. The summed E-state index contributed by atoms with van der Waals surface area (Å²) in [6, 6.07) is 18.9. The van der Waals surface area contributed by atoms with Crippen molar-refractivity contribution in [2.75, 3.05) is 6.54 Å². The van der Waals surface area contributed by atoms with Gasteiger partial charge < -0.3 is 10.1 Å². The number of Topliss-reactive ketones (excluding diaryl/α,β-unsaturated/α-hetero) is 1. The van der Waals surface area contributed by atoms with Gasteiger partial charge in [0.05, 0.1) is 6.54 Å². The molecule has 2 heterocycles. The van der Waals surface area contributed by atoms with Gasteiger partial charge in [-0.1, -0.05) is 61.5 Å². The molecule has 0 saturated carbocycles. The predicted octanol–water partition coefficient (Wildman–Crippen LogP) is 5.73. The summed E-state index contributed by atoms with van der Waals surface area (Å²) < 4.78 is 20.1. The lowest BCUT2D eigenvalue weighted by Crippen LogP contribution is -2.42. The first-order valence-electron chi connectivity index (χ1n) is 14.4. The summed E-state index contributed by atoms with van der Waals surface area (Å²) in [6.07, 6.45) is 14.5. The van der Waals surface area contributed by atoms with E-state index in [1.807, 2.05) is 24.4 Å². The summed E-state index contributed by atoms with van der Waals surface area (Å²) in [4.78, 5) is 18.8. The minimum atomic E-state index is -0.378. The van der Waals surface area contributed by atoms with E-state index in [0.717, 1.165) is 46.0 Å². The number of nitrogens with zero attached hydrogens (tertiary/aromatic N) is 1. The molecule has 204 valence electrons. The number of hydrogen-bond acceptors (Lipinski definition) is 4. The van der Waals surface area contributed by atoms with Gasteiger partial charge in [-0.2, -0.15) is 0 Å². The second kappa shape index (κ2) is 10.5. The van der Waals surface area contributed by atoms with E-state index in [-0.39, 0.29) is 29.5 Å². The molecule has 0 radical (unpaired) electrons. The molecule has 3 atom stereocenters. The van der Waals surface area contributed by atoms with Crippen molar-refractivity contribution in [3.05, 3.63) is 130 Å². The number of benzene rings is 3. The number of halogens is 1. The predicted molar refractivity (Wildman–Crippen MR) is 161 cm³/mol. The molecule has 1 N–H and O–H groups in total. The largest absolute Gasteiger partial charge is 0.472 e. The van der Waals surface area contributed by atoms with Gasteiger partial charge in [0.15, 0.2) is 5.78 Å². The quantitative estimate of drug-likeness (QED) is 0.419. The highest BCUT2D eigenvalue weighted by molar-refractivity contribution is 6.16. The van der Waals surface area contributed by atoms with Crippen LogP contribution in [-0.4, -0.2) is 24.3 Å². The normalized spacial score (nSPS) is 22.2. The summed E-state index contributed by atoms with van der Waals surface area (Å²) in [6.45, 7) is 2.79. The minimum absolute atomic E-state index is 0.00294. The van der Waals surface area contributed by atoms with Crippen LogP contribution in [0.15, 0.2) is 102 Å². The van der Waals surface area contributed by atoms with Gasteiger partial charge in [0.2, 0.25) is 5.90 Å². The topological polar surface area (TPSA) is 50.7 Å². The fourth-order valence-electron chi connectivity index (χ4n) is 6.51.